The van der Waals surface area contributed by atoms with Crippen LogP contribution in [0.5, 0.6) is 23.0 Å². The molecule has 2 aromatic carbocycles. The molecule has 0 spiro atoms. The molecule has 41 heavy (non-hydrogen) atoms. The Bertz CT molecular complexity index is 1590. The summed E-state index contributed by atoms with van der Waals surface area (Å²) in [6.45, 7) is 6.30. The number of benzene rings is 2. The summed E-state index contributed by atoms with van der Waals surface area (Å²) in [5, 5.41) is 0. The first kappa shape index (κ1) is 25.7. The number of amides is 1. The van der Waals surface area contributed by atoms with Gasteiger partial charge in [0.05, 0.1) is 29.8 Å². The van der Waals surface area contributed by atoms with E-state index in [1.165, 1.54) is 25.7 Å². The monoisotopic (exact) mass is 553 g/mol. The van der Waals surface area contributed by atoms with Crippen LogP contribution < -0.4 is 9.47 Å². The van der Waals surface area contributed by atoms with Crippen LogP contribution >= 0.6 is 0 Å². The summed E-state index contributed by atoms with van der Waals surface area (Å²) in [7, 11) is 0. The number of ether oxygens (including phenoxy) is 3. The number of aromatic nitrogens is 4. The van der Waals surface area contributed by atoms with Crippen molar-refractivity contribution in [3.63, 3.8) is 0 Å². The maximum absolute atomic E-state index is 12.8. The van der Waals surface area contributed by atoms with Gasteiger partial charge in [-0.25, -0.2) is 14.8 Å². The molecular formula is C32H35N5O4. The number of hydrogen-bond acceptors (Lipinski definition) is 6. The lowest BCUT2D eigenvalue weighted by atomic mass is 10.1. The van der Waals surface area contributed by atoms with Gasteiger partial charge in [-0.05, 0) is 82.9 Å². The van der Waals surface area contributed by atoms with E-state index in [2.05, 4.69) is 19.9 Å². The van der Waals surface area contributed by atoms with Crippen molar-refractivity contribution in [2.45, 2.75) is 76.9 Å². The number of carbonyl (C=O) groups excluding carboxylic acids is 1. The van der Waals surface area contributed by atoms with Gasteiger partial charge in [-0.1, -0.05) is 12.8 Å². The average Bonchev–Trinajstić information content (AvgIpc) is 3.76. The minimum absolute atomic E-state index is 0.138. The SMILES string of the molecule is CC(C)(C)OC(=O)N1CCCC1c1ncc(-c2ccc3c(c2)Oc2ccc(-c4cnc(C5CCCC5)[nH]4)cc2O3)[nH]1. The Morgan fingerprint density at radius 3 is 2.02 bits per heavy atom. The number of likely N-dealkylation sites (tertiary alicyclic amines) is 1. The van der Waals surface area contributed by atoms with Gasteiger partial charge in [0, 0.05) is 23.6 Å². The highest BCUT2D eigenvalue weighted by Gasteiger charge is 2.35. The number of carbonyl (C=O) groups is 1. The fourth-order valence-electron chi connectivity index (χ4n) is 6.05. The van der Waals surface area contributed by atoms with Gasteiger partial charge < -0.3 is 24.2 Å². The fourth-order valence-corrected chi connectivity index (χ4v) is 6.05. The van der Waals surface area contributed by atoms with Crippen molar-refractivity contribution in [1.82, 2.24) is 24.8 Å². The van der Waals surface area contributed by atoms with Gasteiger partial charge in [-0.15, -0.1) is 0 Å². The number of nitrogens with one attached hydrogen (secondary N) is 2. The molecule has 0 radical (unpaired) electrons. The third kappa shape index (κ3) is 5.05. The Morgan fingerprint density at radius 2 is 1.41 bits per heavy atom. The Hall–Kier alpha value is -4.27. The highest BCUT2D eigenvalue weighted by Crippen LogP contribution is 2.48. The number of nitrogens with zero attached hydrogens (tertiary/aromatic N) is 3. The molecule has 0 bridgehead atoms. The summed E-state index contributed by atoms with van der Waals surface area (Å²) in [6.07, 6.45) is 10.1. The van der Waals surface area contributed by atoms with Crippen LogP contribution in [0.1, 0.15) is 82.9 Å². The van der Waals surface area contributed by atoms with Crippen LogP contribution in [0.2, 0.25) is 0 Å². The van der Waals surface area contributed by atoms with E-state index in [1.54, 1.807) is 11.1 Å². The first-order valence-corrected chi connectivity index (χ1v) is 14.5. The molecular weight excluding hydrogens is 518 g/mol. The minimum Gasteiger partial charge on any atom is -0.449 e. The molecule has 1 unspecified atom stereocenters. The van der Waals surface area contributed by atoms with Crippen molar-refractivity contribution in [2.24, 2.45) is 0 Å². The van der Waals surface area contributed by atoms with E-state index in [0.717, 1.165) is 47.0 Å². The molecule has 2 aromatic heterocycles. The van der Waals surface area contributed by atoms with E-state index in [0.29, 0.717) is 35.5 Å². The van der Waals surface area contributed by atoms with Crippen molar-refractivity contribution in [1.29, 1.82) is 0 Å². The summed E-state index contributed by atoms with van der Waals surface area (Å²) >= 11 is 0. The Labute approximate surface area is 239 Å². The molecule has 2 aliphatic heterocycles. The lowest BCUT2D eigenvalue weighted by molar-refractivity contribution is 0.0218. The Balaban J connectivity index is 1.08. The van der Waals surface area contributed by atoms with Crippen molar-refractivity contribution >= 4 is 6.09 Å². The molecule has 1 atom stereocenters. The molecule has 7 rings (SSSR count). The highest BCUT2D eigenvalue weighted by molar-refractivity contribution is 5.70. The van der Waals surface area contributed by atoms with E-state index in [9.17, 15) is 4.79 Å². The maximum Gasteiger partial charge on any atom is 0.410 e. The summed E-state index contributed by atoms with van der Waals surface area (Å²) in [5.74, 6) is 5.01. The van der Waals surface area contributed by atoms with E-state index >= 15 is 0 Å². The van der Waals surface area contributed by atoms with Crippen molar-refractivity contribution in [3.05, 3.63) is 60.4 Å². The molecule has 4 aromatic rings. The van der Waals surface area contributed by atoms with Gasteiger partial charge in [-0.3, -0.25) is 4.90 Å². The van der Waals surface area contributed by atoms with E-state index in [-0.39, 0.29) is 12.1 Å². The third-order valence-corrected chi connectivity index (χ3v) is 8.08. The summed E-state index contributed by atoms with van der Waals surface area (Å²) in [4.78, 5) is 30.8. The fraction of sp³-hybridized carbons (Fsp3) is 0.406. The number of aromatic amines is 2. The highest BCUT2D eigenvalue weighted by atomic mass is 16.6. The molecule has 9 nitrogen and oxygen atoms in total. The first-order valence-electron chi connectivity index (χ1n) is 14.5. The standard InChI is InChI=1S/C32H35N5O4/c1-32(2,3)41-31(38)37-14-6-9-24(37)30-34-18-23(36-30)21-11-13-26-28(16-21)40-25-12-10-20(15-27(25)39-26)22-17-33-29(35-22)19-7-4-5-8-19/h10-13,15-19,24H,4-9,14H2,1-3H3,(H,33,35)(H,34,36). The molecule has 4 heterocycles. The zero-order valence-electron chi connectivity index (χ0n) is 23.7. The molecule has 2 fully saturated rings. The van der Waals surface area contributed by atoms with Gasteiger partial charge in [0.1, 0.15) is 17.2 Å². The zero-order chi connectivity index (χ0) is 28.1. The van der Waals surface area contributed by atoms with Crippen LogP contribution in [0.15, 0.2) is 48.8 Å². The molecule has 1 aliphatic carbocycles. The van der Waals surface area contributed by atoms with Gasteiger partial charge in [-0.2, -0.15) is 0 Å². The Morgan fingerprint density at radius 1 is 0.829 bits per heavy atom. The minimum atomic E-state index is -0.540. The van der Waals surface area contributed by atoms with Gasteiger partial charge >= 0.3 is 6.09 Å². The van der Waals surface area contributed by atoms with Crippen LogP contribution in [-0.2, 0) is 4.74 Å². The largest absolute Gasteiger partial charge is 0.449 e. The van der Waals surface area contributed by atoms with Crippen LogP contribution in [0, 0.1) is 0 Å². The van der Waals surface area contributed by atoms with E-state index in [4.69, 9.17) is 14.2 Å². The van der Waals surface area contributed by atoms with Crippen LogP contribution in [0.4, 0.5) is 4.79 Å². The smallest absolute Gasteiger partial charge is 0.410 e. The van der Waals surface area contributed by atoms with Gasteiger partial charge in [0.25, 0.3) is 0 Å². The number of fused-ring (bicyclic) bond motifs is 2. The van der Waals surface area contributed by atoms with Gasteiger partial charge in [0.2, 0.25) is 0 Å². The molecule has 2 N–H and O–H groups in total. The van der Waals surface area contributed by atoms with E-state index in [1.807, 2.05) is 63.4 Å². The second-order valence-electron chi connectivity index (χ2n) is 12.2. The molecule has 212 valence electrons. The van der Waals surface area contributed by atoms with Crippen LogP contribution in [-0.4, -0.2) is 43.1 Å². The van der Waals surface area contributed by atoms with Gasteiger partial charge in [0.15, 0.2) is 23.0 Å². The second-order valence-corrected chi connectivity index (χ2v) is 12.2. The lowest BCUT2D eigenvalue weighted by Gasteiger charge is -2.27. The average molecular weight is 554 g/mol. The van der Waals surface area contributed by atoms with E-state index < -0.39 is 5.60 Å². The number of rotatable bonds is 4. The zero-order valence-corrected chi connectivity index (χ0v) is 23.7. The van der Waals surface area contributed by atoms with Crippen LogP contribution in [0.3, 0.4) is 0 Å². The first-order chi connectivity index (χ1) is 19.8. The predicted molar refractivity (Wildman–Crippen MR) is 154 cm³/mol. The summed E-state index contributed by atoms with van der Waals surface area (Å²) in [6, 6.07) is 11.7. The normalized spacial score (nSPS) is 18.5. The number of H-pyrrole nitrogens is 2. The van der Waals surface area contributed by atoms with Crippen molar-refractivity contribution < 1.29 is 19.0 Å². The van der Waals surface area contributed by atoms with Crippen molar-refractivity contribution in [2.75, 3.05) is 6.54 Å². The number of imidazole rings is 2. The second kappa shape index (κ2) is 9.98. The molecule has 1 amide bonds. The third-order valence-electron chi connectivity index (χ3n) is 8.08. The summed E-state index contributed by atoms with van der Waals surface area (Å²) in [5.41, 5.74) is 3.23. The quantitative estimate of drug-likeness (QED) is 0.233. The molecule has 1 saturated heterocycles. The predicted octanol–water partition coefficient (Wildman–Crippen LogP) is 8.09. The summed E-state index contributed by atoms with van der Waals surface area (Å²) < 4.78 is 18.1. The molecule has 9 heteroatoms. The number of hydrogen-bond donors (Lipinski definition) is 2. The lowest BCUT2D eigenvalue weighted by Crippen LogP contribution is -2.36. The maximum atomic E-state index is 12.8. The van der Waals surface area contributed by atoms with Crippen molar-refractivity contribution in [3.8, 4) is 45.5 Å². The topological polar surface area (TPSA) is 105 Å². The Kier molecular flexibility index (Phi) is 6.25. The molecule has 1 saturated carbocycles. The van der Waals surface area contributed by atoms with Crippen LogP contribution in [0.25, 0.3) is 22.5 Å². The molecule has 3 aliphatic rings.